The van der Waals surface area contributed by atoms with Crippen molar-refractivity contribution in [3.63, 3.8) is 0 Å². The first kappa shape index (κ1) is 21.0. The van der Waals surface area contributed by atoms with Gasteiger partial charge in [0.1, 0.15) is 11.9 Å². The zero-order valence-corrected chi connectivity index (χ0v) is 17.3. The number of amides is 2. The first-order chi connectivity index (χ1) is 13.7. The number of hydrogen-bond acceptors (Lipinski definition) is 4. The lowest BCUT2D eigenvalue weighted by Gasteiger charge is -2.40. The third kappa shape index (κ3) is 4.99. The van der Waals surface area contributed by atoms with Gasteiger partial charge in [-0.2, -0.15) is 0 Å². The summed E-state index contributed by atoms with van der Waals surface area (Å²) in [7, 11) is 0. The average molecular weight is 401 g/mol. The van der Waals surface area contributed by atoms with Crippen molar-refractivity contribution in [3.8, 4) is 5.69 Å². The molecule has 1 aliphatic heterocycles. The Labute approximate surface area is 170 Å². The molecule has 156 valence electrons. The van der Waals surface area contributed by atoms with Crippen LogP contribution in [0, 0.1) is 17.7 Å². The summed E-state index contributed by atoms with van der Waals surface area (Å²) in [6.45, 7) is 8.69. The third-order valence-corrected chi connectivity index (χ3v) is 4.96. The molecule has 2 heterocycles. The van der Waals surface area contributed by atoms with Gasteiger partial charge < -0.3 is 10.2 Å². The van der Waals surface area contributed by atoms with Crippen LogP contribution in [0.2, 0.25) is 0 Å². The zero-order valence-electron chi connectivity index (χ0n) is 17.3. The van der Waals surface area contributed by atoms with Gasteiger partial charge in [-0.3, -0.25) is 9.59 Å². The molecule has 0 spiro atoms. The lowest BCUT2D eigenvalue weighted by molar-refractivity contribution is -0.130. The smallest absolute Gasteiger partial charge is 0.276 e. The van der Waals surface area contributed by atoms with Gasteiger partial charge in [-0.1, -0.05) is 32.9 Å². The number of carbonyl (C=O) groups is 2. The number of aromatic nitrogens is 3. The number of benzene rings is 1. The molecular weight excluding hydrogens is 373 g/mol. The molecule has 0 bridgehead atoms. The molecule has 1 N–H and O–H groups in total. The molecule has 0 unspecified atom stereocenters. The number of piperazine rings is 1. The van der Waals surface area contributed by atoms with Gasteiger partial charge in [-0.15, -0.1) is 5.10 Å². The van der Waals surface area contributed by atoms with Gasteiger partial charge in [0, 0.05) is 12.6 Å². The highest BCUT2D eigenvalue weighted by Crippen LogP contribution is 2.21. The number of nitrogens with zero attached hydrogens (tertiary/aromatic N) is 4. The van der Waals surface area contributed by atoms with Crippen LogP contribution in [-0.2, 0) is 4.79 Å². The van der Waals surface area contributed by atoms with Crippen LogP contribution in [0.15, 0.2) is 30.5 Å². The Balaban J connectivity index is 1.85. The van der Waals surface area contributed by atoms with Gasteiger partial charge >= 0.3 is 0 Å². The van der Waals surface area contributed by atoms with E-state index < -0.39 is 6.04 Å². The van der Waals surface area contributed by atoms with Crippen LogP contribution in [0.3, 0.4) is 0 Å². The van der Waals surface area contributed by atoms with Crippen molar-refractivity contribution in [1.82, 2.24) is 25.2 Å². The van der Waals surface area contributed by atoms with Gasteiger partial charge in [0.15, 0.2) is 5.69 Å². The van der Waals surface area contributed by atoms with E-state index in [0.29, 0.717) is 24.6 Å². The molecule has 8 heteroatoms. The molecule has 0 aliphatic carbocycles. The van der Waals surface area contributed by atoms with Crippen molar-refractivity contribution in [2.24, 2.45) is 11.8 Å². The molecule has 3 rings (SSSR count). The van der Waals surface area contributed by atoms with Crippen LogP contribution in [0.5, 0.6) is 0 Å². The fraction of sp³-hybridized carbons (Fsp3) is 0.524. The topological polar surface area (TPSA) is 80.1 Å². The zero-order chi connectivity index (χ0) is 21.1. The van der Waals surface area contributed by atoms with E-state index in [1.807, 2.05) is 13.8 Å². The highest BCUT2D eigenvalue weighted by atomic mass is 19.1. The van der Waals surface area contributed by atoms with E-state index in [2.05, 4.69) is 29.5 Å². The van der Waals surface area contributed by atoms with Crippen molar-refractivity contribution < 1.29 is 14.0 Å². The lowest BCUT2D eigenvalue weighted by atomic mass is 9.95. The largest absolute Gasteiger partial charge is 0.350 e. The van der Waals surface area contributed by atoms with Crippen molar-refractivity contribution >= 4 is 11.8 Å². The first-order valence-electron chi connectivity index (χ1n) is 10.0. The summed E-state index contributed by atoms with van der Waals surface area (Å²) in [5.74, 6) is -0.115. The Hall–Kier alpha value is -2.77. The predicted octanol–water partition coefficient (Wildman–Crippen LogP) is 2.81. The highest BCUT2D eigenvalue weighted by Gasteiger charge is 2.38. The van der Waals surface area contributed by atoms with Crippen LogP contribution < -0.4 is 5.32 Å². The molecule has 7 nitrogen and oxygen atoms in total. The van der Waals surface area contributed by atoms with E-state index >= 15 is 0 Å². The summed E-state index contributed by atoms with van der Waals surface area (Å²) in [5, 5.41) is 11.1. The van der Waals surface area contributed by atoms with Crippen molar-refractivity contribution in [2.75, 3.05) is 6.54 Å². The Kier molecular flexibility index (Phi) is 6.30. The summed E-state index contributed by atoms with van der Waals surface area (Å²) in [5.41, 5.74) is 0.770. The summed E-state index contributed by atoms with van der Waals surface area (Å²) in [6.07, 6.45) is 2.90. The van der Waals surface area contributed by atoms with Crippen LogP contribution in [0.4, 0.5) is 4.39 Å². The molecular formula is C21H28FN5O2. The number of hydrogen-bond donors (Lipinski definition) is 1. The van der Waals surface area contributed by atoms with Gasteiger partial charge in [0.25, 0.3) is 5.91 Å². The minimum atomic E-state index is -0.526. The molecule has 1 fully saturated rings. The quantitative estimate of drug-likeness (QED) is 0.807. The van der Waals surface area contributed by atoms with Crippen LogP contribution in [-0.4, -0.2) is 50.3 Å². The number of rotatable bonds is 6. The Morgan fingerprint density at radius 3 is 2.45 bits per heavy atom. The molecule has 1 aromatic carbocycles. The van der Waals surface area contributed by atoms with Gasteiger partial charge in [-0.25, -0.2) is 9.07 Å². The highest BCUT2D eigenvalue weighted by molar-refractivity contribution is 5.96. The van der Waals surface area contributed by atoms with Gasteiger partial charge in [-0.05, 0) is 48.9 Å². The molecule has 2 aromatic rings. The second-order valence-corrected chi connectivity index (χ2v) is 8.46. The molecule has 1 aliphatic rings. The maximum absolute atomic E-state index is 13.2. The minimum absolute atomic E-state index is 0.0815. The van der Waals surface area contributed by atoms with Crippen molar-refractivity contribution in [3.05, 3.63) is 42.0 Å². The fourth-order valence-electron chi connectivity index (χ4n) is 3.69. The van der Waals surface area contributed by atoms with Crippen LogP contribution in [0.1, 0.15) is 51.0 Å². The predicted molar refractivity (Wildman–Crippen MR) is 107 cm³/mol. The summed E-state index contributed by atoms with van der Waals surface area (Å²) in [6, 6.07) is 5.16. The first-order valence-corrected chi connectivity index (χ1v) is 10.0. The summed E-state index contributed by atoms with van der Waals surface area (Å²) >= 11 is 0. The van der Waals surface area contributed by atoms with Gasteiger partial charge in [0.05, 0.1) is 11.9 Å². The number of nitrogens with one attached hydrogen (secondary N) is 1. The second kappa shape index (κ2) is 8.71. The molecule has 0 saturated carbocycles. The van der Waals surface area contributed by atoms with E-state index in [1.54, 1.807) is 17.0 Å². The average Bonchev–Trinajstić information content (AvgIpc) is 3.13. The SMILES string of the molecule is CC(C)C[C@H]1CN(C(=O)c2cn(-c3ccc(F)cc3)nn2)[C@@H](CC(C)C)C(=O)N1. The van der Waals surface area contributed by atoms with E-state index in [-0.39, 0.29) is 35.3 Å². The standard InChI is InChI=1S/C21H28FN5O2/c1-13(2)9-16-11-26(19(10-14(3)4)20(28)23-16)21(29)18-12-27(25-24-18)17-7-5-15(22)6-8-17/h5-8,12-14,16,19H,9-11H2,1-4H3,(H,23,28)/t16-,19-/m0/s1. The molecule has 2 amide bonds. The Morgan fingerprint density at radius 2 is 1.83 bits per heavy atom. The Bertz CT molecular complexity index is 862. The van der Waals surface area contributed by atoms with Gasteiger partial charge in [0.2, 0.25) is 5.91 Å². The minimum Gasteiger partial charge on any atom is -0.350 e. The summed E-state index contributed by atoms with van der Waals surface area (Å²) in [4.78, 5) is 27.6. The number of halogens is 1. The lowest BCUT2D eigenvalue weighted by Crippen LogP contribution is -2.62. The molecule has 29 heavy (non-hydrogen) atoms. The maximum Gasteiger partial charge on any atom is 0.276 e. The number of carbonyl (C=O) groups excluding carboxylic acids is 2. The van der Waals surface area contributed by atoms with Crippen LogP contribution >= 0.6 is 0 Å². The maximum atomic E-state index is 13.2. The molecule has 0 radical (unpaired) electrons. The summed E-state index contributed by atoms with van der Waals surface area (Å²) < 4.78 is 14.6. The second-order valence-electron chi connectivity index (χ2n) is 8.46. The van der Waals surface area contributed by atoms with E-state index in [0.717, 1.165) is 6.42 Å². The monoisotopic (exact) mass is 401 g/mol. The fourth-order valence-corrected chi connectivity index (χ4v) is 3.69. The molecule has 1 saturated heterocycles. The van der Waals surface area contributed by atoms with Crippen molar-refractivity contribution in [2.45, 2.75) is 52.6 Å². The Morgan fingerprint density at radius 1 is 1.17 bits per heavy atom. The van der Waals surface area contributed by atoms with E-state index in [9.17, 15) is 14.0 Å². The normalized spacial score (nSPS) is 19.7. The third-order valence-electron chi connectivity index (χ3n) is 4.96. The van der Waals surface area contributed by atoms with Crippen LogP contribution in [0.25, 0.3) is 5.69 Å². The van der Waals surface area contributed by atoms with E-state index in [1.165, 1.54) is 23.0 Å². The molecule has 2 atom stereocenters. The molecule has 1 aromatic heterocycles. The van der Waals surface area contributed by atoms with E-state index in [4.69, 9.17) is 0 Å². The van der Waals surface area contributed by atoms with Crippen molar-refractivity contribution in [1.29, 1.82) is 0 Å².